The number of anilines is 1. The van der Waals surface area contributed by atoms with Crippen molar-refractivity contribution in [3.05, 3.63) is 94.1 Å². The summed E-state index contributed by atoms with van der Waals surface area (Å²) < 4.78 is 52.0. The molecule has 1 unspecified atom stereocenters. The molecule has 180 valence electrons. The topological polar surface area (TPSA) is 68.5 Å². The monoisotopic (exact) mass is 481 g/mol. The number of halogens is 3. The summed E-state index contributed by atoms with van der Waals surface area (Å²) in [5, 5.41) is 2.56. The molecular weight excluding hydrogens is 459 g/mol. The van der Waals surface area contributed by atoms with Gasteiger partial charge in [0, 0.05) is 5.56 Å². The van der Waals surface area contributed by atoms with Crippen LogP contribution in [0.1, 0.15) is 24.5 Å². The van der Waals surface area contributed by atoms with Gasteiger partial charge in [0.1, 0.15) is 5.58 Å². The van der Waals surface area contributed by atoms with Crippen LogP contribution in [0.4, 0.5) is 18.9 Å². The fraction of sp³-hybridized carbons (Fsp3) is 0.185. The molecule has 1 aromatic heterocycles. The number of rotatable bonds is 6. The Labute approximate surface area is 199 Å². The number of alkyl halides is 3. The van der Waals surface area contributed by atoms with Crippen LogP contribution in [0.3, 0.4) is 0 Å². The molecule has 4 rings (SSSR count). The van der Waals surface area contributed by atoms with Crippen molar-refractivity contribution in [2.45, 2.75) is 32.5 Å². The molecule has 35 heavy (non-hydrogen) atoms. The first-order valence-electron chi connectivity index (χ1n) is 11.0. The van der Waals surface area contributed by atoms with Gasteiger partial charge >= 0.3 is 6.18 Å². The highest BCUT2D eigenvalue weighted by Crippen LogP contribution is 2.35. The lowest BCUT2D eigenvalue weighted by Gasteiger charge is -2.20. The highest BCUT2D eigenvalue weighted by Gasteiger charge is 2.34. The Kier molecular flexibility index (Phi) is 6.64. The number of nitrogens with one attached hydrogen (secondary N) is 1. The molecule has 0 aliphatic rings. The number of hydrogen-bond donors (Lipinski definition) is 1. The summed E-state index contributed by atoms with van der Waals surface area (Å²) in [5.74, 6) is -0.860. The van der Waals surface area contributed by atoms with Gasteiger partial charge in [-0.15, -0.1) is 0 Å². The molecule has 0 radical (unpaired) electrons. The first kappa shape index (κ1) is 24.1. The second kappa shape index (κ2) is 9.66. The maximum Gasteiger partial charge on any atom is 0.418 e. The summed E-state index contributed by atoms with van der Waals surface area (Å²) >= 11 is 0. The van der Waals surface area contributed by atoms with Crippen LogP contribution < -0.4 is 15.5 Å². The highest BCUT2D eigenvalue weighted by atomic mass is 19.4. The average molecular weight is 481 g/mol. The molecule has 0 bridgehead atoms. The van der Waals surface area contributed by atoms with Crippen molar-refractivity contribution in [3.8, 4) is 17.1 Å². The Morgan fingerprint density at radius 3 is 2.34 bits per heavy atom. The second-order valence-corrected chi connectivity index (χ2v) is 8.00. The molecule has 0 aliphatic heterocycles. The molecule has 1 atom stereocenters. The number of hydrogen-bond acceptors (Lipinski definition) is 4. The van der Waals surface area contributed by atoms with Crippen LogP contribution >= 0.6 is 0 Å². The maximum absolute atomic E-state index is 13.4. The van der Waals surface area contributed by atoms with Crippen molar-refractivity contribution in [3.63, 3.8) is 0 Å². The third-order valence-electron chi connectivity index (χ3n) is 5.48. The predicted octanol–water partition coefficient (Wildman–Crippen LogP) is 6.58. The molecule has 0 fully saturated rings. The summed E-state index contributed by atoms with van der Waals surface area (Å²) in [7, 11) is 0. The number of benzene rings is 3. The van der Waals surface area contributed by atoms with Crippen LogP contribution in [-0.2, 0) is 11.0 Å². The molecule has 0 aliphatic carbocycles. The molecular formula is C27H22F3NO4. The second-order valence-electron chi connectivity index (χ2n) is 8.00. The lowest BCUT2D eigenvalue weighted by atomic mass is 10.1. The zero-order valence-corrected chi connectivity index (χ0v) is 19.0. The first-order chi connectivity index (χ1) is 16.7. The fourth-order valence-corrected chi connectivity index (χ4v) is 3.64. The van der Waals surface area contributed by atoms with Crippen molar-refractivity contribution in [1.29, 1.82) is 0 Å². The van der Waals surface area contributed by atoms with Crippen molar-refractivity contribution < 1.29 is 27.1 Å². The van der Waals surface area contributed by atoms with Crippen molar-refractivity contribution in [2.75, 3.05) is 5.32 Å². The SMILES string of the molecule is CCC(Oc1c(-c2ccc(C)cc2)oc2ccccc2c1=O)C(=O)Nc1ccccc1C(F)(F)F. The van der Waals surface area contributed by atoms with Gasteiger partial charge < -0.3 is 14.5 Å². The third kappa shape index (κ3) is 5.06. The molecule has 0 spiro atoms. The van der Waals surface area contributed by atoms with Crippen LogP contribution in [0.5, 0.6) is 5.75 Å². The van der Waals surface area contributed by atoms with E-state index in [4.69, 9.17) is 9.15 Å². The number of ether oxygens (including phenoxy) is 1. The van der Waals surface area contributed by atoms with Crippen LogP contribution in [0.15, 0.2) is 82.0 Å². The van der Waals surface area contributed by atoms with E-state index in [9.17, 15) is 22.8 Å². The predicted molar refractivity (Wildman–Crippen MR) is 127 cm³/mol. The zero-order valence-electron chi connectivity index (χ0n) is 19.0. The number of amides is 1. The fourth-order valence-electron chi connectivity index (χ4n) is 3.64. The average Bonchev–Trinajstić information content (AvgIpc) is 2.83. The van der Waals surface area contributed by atoms with Gasteiger partial charge in [-0.1, -0.05) is 61.0 Å². The number of fused-ring (bicyclic) bond motifs is 1. The Morgan fingerprint density at radius 2 is 1.66 bits per heavy atom. The van der Waals surface area contributed by atoms with E-state index in [2.05, 4.69) is 5.32 Å². The van der Waals surface area contributed by atoms with Gasteiger partial charge in [0.15, 0.2) is 11.9 Å². The van der Waals surface area contributed by atoms with E-state index in [-0.39, 0.29) is 23.3 Å². The molecule has 1 amide bonds. The number of carbonyl (C=O) groups is 1. The summed E-state index contributed by atoms with van der Waals surface area (Å²) in [6.07, 6.45) is -5.80. The molecule has 3 aromatic carbocycles. The van der Waals surface area contributed by atoms with Crippen molar-refractivity contribution >= 4 is 22.6 Å². The van der Waals surface area contributed by atoms with Crippen LogP contribution in [-0.4, -0.2) is 12.0 Å². The molecule has 8 heteroatoms. The highest BCUT2D eigenvalue weighted by molar-refractivity contribution is 5.95. The number of para-hydroxylation sites is 2. The van der Waals surface area contributed by atoms with E-state index < -0.39 is 34.9 Å². The van der Waals surface area contributed by atoms with Crippen molar-refractivity contribution in [1.82, 2.24) is 0 Å². The summed E-state index contributed by atoms with van der Waals surface area (Å²) in [5.41, 5.74) is 0.0474. The third-order valence-corrected chi connectivity index (χ3v) is 5.48. The van der Waals surface area contributed by atoms with Gasteiger partial charge in [0.25, 0.3) is 5.91 Å². The molecule has 4 aromatic rings. The molecule has 0 saturated carbocycles. The molecule has 0 saturated heterocycles. The minimum Gasteiger partial charge on any atom is -0.473 e. The number of carbonyl (C=O) groups excluding carboxylic acids is 1. The largest absolute Gasteiger partial charge is 0.473 e. The lowest BCUT2D eigenvalue weighted by Crippen LogP contribution is -2.34. The van der Waals surface area contributed by atoms with E-state index in [1.54, 1.807) is 43.3 Å². The Bertz CT molecular complexity index is 1430. The molecule has 1 N–H and O–H groups in total. The first-order valence-corrected chi connectivity index (χ1v) is 11.0. The van der Waals surface area contributed by atoms with E-state index in [0.717, 1.165) is 17.7 Å². The maximum atomic E-state index is 13.4. The Hall–Kier alpha value is -4.07. The summed E-state index contributed by atoms with van der Waals surface area (Å²) in [6.45, 7) is 3.54. The minimum absolute atomic E-state index is 0.0968. The van der Waals surface area contributed by atoms with Crippen LogP contribution in [0.2, 0.25) is 0 Å². The number of aryl methyl sites for hydroxylation is 1. The van der Waals surface area contributed by atoms with E-state index in [1.807, 2.05) is 19.1 Å². The van der Waals surface area contributed by atoms with Gasteiger partial charge in [-0.3, -0.25) is 9.59 Å². The van der Waals surface area contributed by atoms with Gasteiger partial charge in [-0.25, -0.2) is 0 Å². The standard InChI is InChI=1S/C27H22F3NO4/c1-3-21(26(33)31-20-10-6-5-9-19(20)27(28,29)30)34-25-23(32)18-8-4-7-11-22(18)35-24(25)17-14-12-16(2)13-15-17/h4-15,21H,3H2,1-2H3,(H,31,33). The van der Waals surface area contributed by atoms with Gasteiger partial charge in [0.2, 0.25) is 11.2 Å². The Morgan fingerprint density at radius 1 is 1.00 bits per heavy atom. The smallest absolute Gasteiger partial charge is 0.418 e. The van der Waals surface area contributed by atoms with Crippen LogP contribution in [0, 0.1) is 6.92 Å². The molecule has 5 nitrogen and oxygen atoms in total. The summed E-state index contributed by atoms with van der Waals surface area (Å²) in [4.78, 5) is 26.3. The minimum atomic E-state index is -4.65. The van der Waals surface area contributed by atoms with E-state index in [0.29, 0.717) is 11.1 Å². The van der Waals surface area contributed by atoms with Crippen molar-refractivity contribution in [2.24, 2.45) is 0 Å². The summed E-state index contributed by atoms with van der Waals surface area (Å²) in [6, 6.07) is 18.5. The van der Waals surface area contributed by atoms with E-state index in [1.165, 1.54) is 12.1 Å². The normalized spacial score (nSPS) is 12.4. The van der Waals surface area contributed by atoms with E-state index >= 15 is 0 Å². The lowest BCUT2D eigenvalue weighted by molar-refractivity contribution is -0.137. The molecule has 1 heterocycles. The van der Waals surface area contributed by atoms with Crippen LogP contribution in [0.25, 0.3) is 22.3 Å². The van der Waals surface area contributed by atoms with Gasteiger partial charge in [0.05, 0.1) is 16.6 Å². The quantitative estimate of drug-likeness (QED) is 0.338. The Balaban J connectivity index is 1.74. The van der Waals surface area contributed by atoms with Gasteiger partial charge in [-0.05, 0) is 37.6 Å². The van der Waals surface area contributed by atoms with Gasteiger partial charge in [-0.2, -0.15) is 13.2 Å². The zero-order chi connectivity index (χ0) is 25.2.